The van der Waals surface area contributed by atoms with Crippen molar-refractivity contribution in [1.82, 2.24) is 0 Å². The molecule has 12 heavy (non-hydrogen) atoms. The lowest BCUT2D eigenvalue weighted by Gasteiger charge is -2.44. The van der Waals surface area contributed by atoms with Gasteiger partial charge in [-0.3, -0.25) is 0 Å². The van der Waals surface area contributed by atoms with Gasteiger partial charge in [0.1, 0.15) is 0 Å². The fourth-order valence-electron chi connectivity index (χ4n) is 3.08. The second-order valence-corrected chi connectivity index (χ2v) is 6.14. The number of halogens is 1. The van der Waals surface area contributed by atoms with E-state index in [9.17, 15) is 0 Å². The molecule has 0 nitrogen and oxygen atoms in total. The Morgan fingerprint density at radius 3 is 2.00 bits per heavy atom. The monoisotopic (exact) mass is 278 g/mol. The molecule has 2 rings (SSSR count). The molecule has 2 aliphatic carbocycles. The normalized spacial score (nSPS) is 35.2. The van der Waals surface area contributed by atoms with E-state index >= 15 is 0 Å². The average molecular weight is 278 g/mol. The maximum Gasteiger partial charge on any atom is 0.0166 e. The van der Waals surface area contributed by atoms with Crippen LogP contribution in [0.5, 0.6) is 0 Å². The second kappa shape index (κ2) is 3.85. The van der Waals surface area contributed by atoms with Crippen LogP contribution in [0.15, 0.2) is 0 Å². The molecule has 1 unspecified atom stereocenters. The van der Waals surface area contributed by atoms with Crippen molar-refractivity contribution in [2.24, 2.45) is 5.41 Å². The molecule has 0 radical (unpaired) electrons. The van der Waals surface area contributed by atoms with Crippen LogP contribution in [-0.2, 0) is 0 Å². The van der Waals surface area contributed by atoms with Gasteiger partial charge in [-0.2, -0.15) is 0 Å². The summed E-state index contributed by atoms with van der Waals surface area (Å²) in [5, 5.41) is 0. The second-order valence-electron chi connectivity index (χ2n) is 4.64. The third kappa shape index (κ3) is 1.66. The predicted octanol–water partition coefficient (Wildman–Crippen LogP) is 4.31. The molecule has 2 fully saturated rings. The number of alkyl halides is 1. The van der Waals surface area contributed by atoms with E-state index in [4.69, 9.17) is 0 Å². The Balaban J connectivity index is 2.04. The molecule has 2 saturated carbocycles. The molecule has 0 amide bonds. The molecule has 0 aromatic carbocycles. The molecule has 0 aromatic rings. The highest BCUT2D eigenvalue weighted by atomic mass is 127. The number of rotatable bonds is 0. The van der Waals surface area contributed by atoms with Gasteiger partial charge in [-0.1, -0.05) is 54.7 Å². The molecule has 1 atom stereocenters. The Bertz CT molecular complexity index is 139. The highest BCUT2D eigenvalue weighted by Crippen LogP contribution is 2.50. The molecule has 2 aliphatic rings. The topological polar surface area (TPSA) is 0 Å². The van der Waals surface area contributed by atoms with E-state index in [1.807, 2.05) is 0 Å². The van der Waals surface area contributed by atoms with Gasteiger partial charge in [-0.15, -0.1) is 0 Å². The van der Waals surface area contributed by atoms with E-state index in [0.29, 0.717) is 0 Å². The van der Waals surface area contributed by atoms with E-state index in [2.05, 4.69) is 22.6 Å². The Morgan fingerprint density at radius 2 is 1.42 bits per heavy atom. The Kier molecular flexibility index (Phi) is 2.98. The van der Waals surface area contributed by atoms with Crippen molar-refractivity contribution in [2.75, 3.05) is 0 Å². The van der Waals surface area contributed by atoms with Crippen LogP contribution in [0, 0.1) is 5.41 Å². The van der Waals surface area contributed by atoms with Crippen molar-refractivity contribution in [3.8, 4) is 0 Å². The van der Waals surface area contributed by atoms with Gasteiger partial charge in [0.2, 0.25) is 0 Å². The highest BCUT2D eigenvalue weighted by molar-refractivity contribution is 14.1. The van der Waals surface area contributed by atoms with Crippen molar-refractivity contribution in [2.45, 2.75) is 61.7 Å². The summed E-state index contributed by atoms with van der Waals surface area (Å²) in [7, 11) is 0. The summed E-state index contributed by atoms with van der Waals surface area (Å²) >= 11 is 2.73. The first-order valence-corrected chi connectivity index (χ1v) is 6.72. The van der Waals surface area contributed by atoms with Crippen molar-refractivity contribution >= 4 is 22.6 Å². The van der Waals surface area contributed by atoms with E-state index in [0.717, 1.165) is 9.34 Å². The maximum atomic E-state index is 2.73. The van der Waals surface area contributed by atoms with Gasteiger partial charge < -0.3 is 0 Å². The number of hydrogen-bond donors (Lipinski definition) is 0. The minimum atomic E-state index is 0.803. The van der Waals surface area contributed by atoms with Crippen LogP contribution < -0.4 is 0 Å². The van der Waals surface area contributed by atoms with E-state index < -0.39 is 0 Å². The zero-order valence-electron chi connectivity index (χ0n) is 7.82. The first-order valence-electron chi connectivity index (χ1n) is 5.48. The average Bonchev–Trinajstić information content (AvgIpc) is 2.12. The van der Waals surface area contributed by atoms with Crippen LogP contribution >= 0.6 is 22.6 Å². The smallest absolute Gasteiger partial charge is 0.0166 e. The van der Waals surface area contributed by atoms with Crippen LogP contribution in [0.25, 0.3) is 0 Å². The van der Waals surface area contributed by atoms with Crippen molar-refractivity contribution < 1.29 is 0 Å². The molecule has 1 spiro atoms. The summed E-state index contributed by atoms with van der Waals surface area (Å²) in [5.41, 5.74) is 0.803. The van der Waals surface area contributed by atoms with Crippen molar-refractivity contribution in [3.05, 3.63) is 0 Å². The summed E-state index contributed by atoms with van der Waals surface area (Å²) in [6, 6.07) is 0. The van der Waals surface area contributed by atoms with Gasteiger partial charge in [0.25, 0.3) is 0 Å². The van der Waals surface area contributed by atoms with Crippen LogP contribution in [0.4, 0.5) is 0 Å². The number of hydrogen-bond acceptors (Lipinski definition) is 0. The third-order valence-electron chi connectivity index (χ3n) is 3.90. The fourth-order valence-corrected chi connectivity index (χ4v) is 4.46. The van der Waals surface area contributed by atoms with Gasteiger partial charge in [-0.05, 0) is 31.1 Å². The molecule has 0 N–H and O–H groups in total. The van der Waals surface area contributed by atoms with Gasteiger partial charge in [0, 0.05) is 3.92 Å². The molecule has 70 valence electrons. The van der Waals surface area contributed by atoms with E-state index in [1.54, 1.807) is 19.3 Å². The third-order valence-corrected chi connectivity index (χ3v) is 5.84. The summed E-state index contributed by atoms with van der Waals surface area (Å²) < 4.78 is 1.00. The fraction of sp³-hybridized carbons (Fsp3) is 1.00. The lowest BCUT2D eigenvalue weighted by Crippen LogP contribution is -2.36. The molecular formula is C11H19I. The van der Waals surface area contributed by atoms with Crippen molar-refractivity contribution in [3.63, 3.8) is 0 Å². The first kappa shape index (κ1) is 9.29. The molecule has 0 aromatic heterocycles. The molecule has 1 heteroatoms. The molecule has 0 bridgehead atoms. The summed E-state index contributed by atoms with van der Waals surface area (Å²) in [4.78, 5) is 0. The Morgan fingerprint density at radius 1 is 0.833 bits per heavy atom. The summed E-state index contributed by atoms with van der Waals surface area (Å²) in [5.74, 6) is 0. The SMILES string of the molecule is IC1CCCCC12CCCCC2. The minimum absolute atomic E-state index is 0.803. The van der Waals surface area contributed by atoms with Gasteiger partial charge in [0.05, 0.1) is 0 Å². The van der Waals surface area contributed by atoms with E-state index in [1.165, 1.54) is 38.5 Å². The summed E-state index contributed by atoms with van der Waals surface area (Å²) in [6.45, 7) is 0. The van der Waals surface area contributed by atoms with Crippen molar-refractivity contribution in [1.29, 1.82) is 0 Å². The molecule has 0 saturated heterocycles. The minimum Gasteiger partial charge on any atom is -0.0820 e. The largest absolute Gasteiger partial charge is 0.0820 e. The summed E-state index contributed by atoms with van der Waals surface area (Å²) in [6.07, 6.45) is 13.7. The Labute approximate surface area is 89.6 Å². The quantitative estimate of drug-likeness (QED) is 0.457. The van der Waals surface area contributed by atoms with E-state index in [-0.39, 0.29) is 0 Å². The zero-order valence-corrected chi connectivity index (χ0v) is 9.98. The molecular weight excluding hydrogens is 259 g/mol. The predicted molar refractivity (Wildman–Crippen MR) is 61.8 cm³/mol. The lowest BCUT2D eigenvalue weighted by atomic mass is 9.65. The van der Waals surface area contributed by atoms with Gasteiger partial charge >= 0.3 is 0 Å². The van der Waals surface area contributed by atoms with Gasteiger partial charge in [0.15, 0.2) is 0 Å². The standard InChI is InChI=1S/C11H19I/c12-10-6-2-5-9-11(10)7-3-1-4-8-11/h10H,1-9H2. The van der Waals surface area contributed by atoms with Crippen LogP contribution in [0.3, 0.4) is 0 Å². The lowest BCUT2D eigenvalue weighted by molar-refractivity contribution is 0.140. The van der Waals surface area contributed by atoms with Gasteiger partial charge in [-0.25, -0.2) is 0 Å². The maximum absolute atomic E-state index is 2.73. The van der Waals surface area contributed by atoms with Crippen LogP contribution in [0.2, 0.25) is 0 Å². The molecule has 0 heterocycles. The Hall–Kier alpha value is 0.730. The van der Waals surface area contributed by atoms with Crippen LogP contribution in [-0.4, -0.2) is 3.92 Å². The molecule has 0 aliphatic heterocycles. The van der Waals surface area contributed by atoms with Crippen LogP contribution in [0.1, 0.15) is 57.8 Å². The zero-order chi connectivity index (χ0) is 8.44. The highest BCUT2D eigenvalue weighted by Gasteiger charge is 2.39. The first-order chi connectivity index (χ1) is 5.83.